The Labute approximate surface area is 95.1 Å². The molecule has 1 aromatic carbocycles. The second kappa shape index (κ2) is 4.85. The fraction of sp³-hybridized carbons (Fsp3) is 0.222. The van der Waals surface area contributed by atoms with Crippen molar-refractivity contribution < 1.29 is 13.2 Å². The quantitative estimate of drug-likeness (QED) is 0.763. The third kappa shape index (κ3) is 3.71. The molecule has 15 heavy (non-hydrogen) atoms. The minimum absolute atomic E-state index is 0.523. The highest BCUT2D eigenvalue weighted by molar-refractivity contribution is 8.22. The number of nitrogens with one attached hydrogen (secondary N) is 1. The molecule has 0 heterocycles. The topological polar surface area (TPSA) is 12.0 Å². The van der Waals surface area contributed by atoms with Gasteiger partial charge in [0.2, 0.25) is 0 Å². The van der Waals surface area contributed by atoms with Crippen LogP contribution in [0.4, 0.5) is 18.9 Å². The Morgan fingerprint density at radius 1 is 1.27 bits per heavy atom. The molecule has 0 aliphatic heterocycles. The van der Waals surface area contributed by atoms with Crippen molar-refractivity contribution in [1.29, 1.82) is 0 Å². The molecular formula is C9H8F3NS2. The Hall–Kier alpha value is -0.750. The van der Waals surface area contributed by atoms with E-state index < -0.39 is 11.7 Å². The summed E-state index contributed by atoms with van der Waals surface area (Å²) in [6.45, 7) is 0. The molecule has 0 aromatic heterocycles. The lowest BCUT2D eigenvalue weighted by atomic mass is 10.2. The third-order valence-corrected chi connectivity index (χ3v) is 2.72. The largest absolute Gasteiger partial charge is 0.416 e. The summed E-state index contributed by atoms with van der Waals surface area (Å²) in [5.41, 5.74) is -0.106. The first-order chi connectivity index (χ1) is 6.93. The van der Waals surface area contributed by atoms with E-state index in [1.807, 2.05) is 0 Å². The van der Waals surface area contributed by atoms with E-state index in [2.05, 4.69) is 5.32 Å². The summed E-state index contributed by atoms with van der Waals surface area (Å²) in [5.74, 6) is 0. The van der Waals surface area contributed by atoms with Crippen LogP contribution in [0.1, 0.15) is 5.56 Å². The number of hydrogen-bond acceptors (Lipinski definition) is 2. The van der Waals surface area contributed by atoms with Gasteiger partial charge in [0.1, 0.15) is 4.32 Å². The molecule has 0 bridgehead atoms. The number of hydrogen-bond donors (Lipinski definition) is 1. The Kier molecular flexibility index (Phi) is 3.98. The molecule has 0 fully saturated rings. The normalized spacial score (nSPS) is 11.2. The van der Waals surface area contributed by atoms with Crippen molar-refractivity contribution in [2.24, 2.45) is 0 Å². The standard InChI is InChI=1S/C9H8F3NS2/c1-15-8(14)13-7-4-2-6(3-5-7)9(10,11)12/h2-5H,1H3,(H,13,14). The highest BCUT2D eigenvalue weighted by Crippen LogP contribution is 2.29. The summed E-state index contributed by atoms with van der Waals surface area (Å²) >= 11 is 6.20. The molecule has 1 nitrogen and oxygen atoms in total. The highest BCUT2D eigenvalue weighted by Gasteiger charge is 2.29. The number of halogens is 3. The number of anilines is 1. The van der Waals surface area contributed by atoms with Gasteiger partial charge in [-0.3, -0.25) is 0 Å². The lowest BCUT2D eigenvalue weighted by molar-refractivity contribution is -0.137. The van der Waals surface area contributed by atoms with E-state index in [0.29, 0.717) is 10.0 Å². The van der Waals surface area contributed by atoms with E-state index in [9.17, 15) is 13.2 Å². The van der Waals surface area contributed by atoms with Crippen LogP contribution >= 0.6 is 24.0 Å². The molecule has 1 rings (SSSR count). The van der Waals surface area contributed by atoms with Gasteiger partial charge in [-0.2, -0.15) is 13.2 Å². The van der Waals surface area contributed by atoms with Gasteiger partial charge in [-0.25, -0.2) is 0 Å². The van der Waals surface area contributed by atoms with Crippen molar-refractivity contribution in [2.75, 3.05) is 11.6 Å². The van der Waals surface area contributed by atoms with Crippen LogP contribution in [0.2, 0.25) is 0 Å². The summed E-state index contributed by atoms with van der Waals surface area (Å²) in [7, 11) is 0. The van der Waals surface area contributed by atoms with Crippen molar-refractivity contribution >= 4 is 34.0 Å². The van der Waals surface area contributed by atoms with E-state index in [0.717, 1.165) is 12.1 Å². The number of benzene rings is 1. The van der Waals surface area contributed by atoms with E-state index in [-0.39, 0.29) is 0 Å². The zero-order chi connectivity index (χ0) is 11.5. The zero-order valence-corrected chi connectivity index (χ0v) is 9.39. The monoisotopic (exact) mass is 251 g/mol. The van der Waals surface area contributed by atoms with E-state index >= 15 is 0 Å². The summed E-state index contributed by atoms with van der Waals surface area (Å²) in [6, 6.07) is 4.74. The van der Waals surface area contributed by atoms with Crippen LogP contribution in [0, 0.1) is 0 Å². The summed E-state index contributed by atoms with van der Waals surface area (Å²) < 4.78 is 37.1. The van der Waals surface area contributed by atoms with Gasteiger partial charge >= 0.3 is 6.18 Å². The SMILES string of the molecule is CSC(=S)Nc1ccc(C(F)(F)F)cc1. The van der Waals surface area contributed by atoms with Crippen LogP contribution < -0.4 is 5.32 Å². The molecule has 0 saturated carbocycles. The molecule has 0 saturated heterocycles. The maximum Gasteiger partial charge on any atom is 0.416 e. The van der Waals surface area contributed by atoms with Crippen LogP contribution in [0.3, 0.4) is 0 Å². The Morgan fingerprint density at radius 3 is 2.20 bits per heavy atom. The fourth-order valence-electron chi connectivity index (χ4n) is 0.911. The van der Waals surface area contributed by atoms with Gasteiger partial charge in [0.05, 0.1) is 5.56 Å². The first-order valence-corrected chi connectivity index (χ1v) is 5.59. The Bertz CT molecular complexity index is 345. The third-order valence-electron chi connectivity index (χ3n) is 1.64. The van der Waals surface area contributed by atoms with Gasteiger partial charge < -0.3 is 5.32 Å². The maximum atomic E-state index is 12.2. The summed E-state index contributed by atoms with van der Waals surface area (Å²) in [5, 5.41) is 2.80. The predicted octanol–water partition coefficient (Wildman–Crippen LogP) is 3.77. The average molecular weight is 251 g/mol. The van der Waals surface area contributed by atoms with Crippen LogP contribution in [0.25, 0.3) is 0 Å². The molecule has 0 radical (unpaired) electrons. The van der Waals surface area contributed by atoms with Gasteiger partial charge in [-0.1, -0.05) is 12.2 Å². The number of alkyl halides is 3. The van der Waals surface area contributed by atoms with Crippen LogP contribution in [0.15, 0.2) is 24.3 Å². The molecule has 0 spiro atoms. The highest BCUT2D eigenvalue weighted by atomic mass is 32.2. The molecule has 0 atom stereocenters. The lowest BCUT2D eigenvalue weighted by Crippen LogP contribution is -2.06. The zero-order valence-electron chi connectivity index (χ0n) is 7.76. The van der Waals surface area contributed by atoms with Gasteiger partial charge in [-0.15, -0.1) is 11.8 Å². The van der Waals surface area contributed by atoms with Crippen molar-refractivity contribution in [3.05, 3.63) is 29.8 Å². The Balaban J connectivity index is 2.77. The molecule has 1 N–H and O–H groups in total. The van der Waals surface area contributed by atoms with Gasteiger partial charge in [0.25, 0.3) is 0 Å². The van der Waals surface area contributed by atoms with Crippen LogP contribution in [-0.4, -0.2) is 10.6 Å². The van der Waals surface area contributed by atoms with Gasteiger partial charge in [0.15, 0.2) is 0 Å². The summed E-state index contributed by atoms with van der Waals surface area (Å²) in [4.78, 5) is 0. The van der Waals surface area contributed by atoms with Crippen LogP contribution in [0.5, 0.6) is 0 Å². The van der Waals surface area contributed by atoms with E-state index in [4.69, 9.17) is 12.2 Å². The van der Waals surface area contributed by atoms with E-state index in [1.54, 1.807) is 6.26 Å². The van der Waals surface area contributed by atoms with Crippen molar-refractivity contribution in [3.63, 3.8) is 0 Å². The molecule has 0 amide bonds. The van der Waals surface area contributed by atoms with E-state index in [1.165, 1.54) is 23.9 Å². The maximum absolute atomic E-state index is 12.2. The minimum Gasteiger partial charge on any atom is -0.341 e. The number of rotatable bonds is 1. The van der Waals surface area contributed by atoms with Crippen LogP contribution in [-0.2, 0) is 6.18 Å². The Morgan fingerprint density at radius 2 is 1.80 bits per heavy atom. The smallest absolute Gasteiger partial charge is 0.341 e. The molecule has 1 aromatic rings. The summed E-state index contributed by atoms with van der Waals surface area (Å²) in [6.07, 6.45) is -2.50. The first kappa shape index (κ1) is 12.3. The second-order valence-corrected chi connectivity index (χ2v) is 4.17. The minimum atomic E-state index is -4.29. The molecule has 82 valence electrons. The lowest BCUT2D eigenvalue weighted by Gasteiger charge is -2.08. The number of thiocarbonyl (C=S) groups is 1. The predicted molar refractivity (Wildman–Crippen MR) is 61.2 cm³/mol. The van der Waals surface area contributed by atoms with Gasteiger partial charge in [-0.05, 0) is 30.5 Å². The average Bonchev–Trinajstić information content (AvgIpc) is 2.17. The molecule has 0 aliphatic rings. The van der Waals surface area contributed by atoms with Crippen molar-refractivity contribution in [3.8, 4) is 0 Å². The molecule has 0 aliphatic carbocycles. The molecular weight excluding hydrogens is 243 g/mol. The van der Waals surface area contributed by atoms with Crippen molar-refractivity contribution in [2.45, 2.75) is 6.18 Å². The second-order valence-electron chi connectivity index (χ2n) is 2.69. The molecule has 0 unspecified atom stereocenters. The fourth-order valence-corrected chi connectivity index (χ4v) is 1.25. The first-order valence-electron chi connectivity index (χ1n) is 3.95. The molecule has 6 heteroatoms. The van der Waals surface area contributed by atoms with Gasteiger partial charge in [0, 0.05) is 5.69 Å². The number of thioether (sulfide) groups is 1. The van der Waals surface area contributed by atoms with Crippen molar-refractivity contribution in [1.82, 2.24) is 0 Å².